The quantitative estimate of drug-likeness (QED) is 0.617. The summed E-state index contributed by atoms with van der Waals surface area (Å²) in [5.74, 6) is 1.23. The van der Waals surface area contributed by atoms with Crippen LogP contribution >= 0.6 is 0 Å². The summed E-state index contributed by atoms with van der Waals surface area (Å²) >= 11 is 0. The number of hydrogen-bond acceptors (Lipinski definition) is 3. The smallest absolute Gasteiger partial charge is 0.255 e. The molecule has 0 unspecified atom stereocenters. The highest BCUT2D eigenvalue weighted by Crippen LogP contribution is 2.24. The minimum Gasteiger partial charge on any atom is -0.493 e. The van der Waals surface area contributed by atoms with E-state index in [2.05, 4.69) is 17.4 Å². The Morgan fingerprint density at radius 2 is 1.56 bits per heavy atom. The third kappa shape index (κ3) is 5.35. The Labute approximate surface area is 159 Å². The summed E-state index contributed by atoms with van der Waals surface area (Å²) in [5, 5.41) is 2.89. The number of nitrogens with one attached hydrogen (secondary N) is 1. The van der Waals surface area contributed by atoms with Gasteiger partial charge in [-0.2, -0.15) is 0 Å². The number of benzene rings is 3. The van der Waals surface area contributed by atoms with Gasteiger partial charge in [-0.15, -0.1) is 0 Å². The molecule has 27 heavy (non-hydrogen) atoms. The molecule has 0 atom stereocenters. The van der Waals surface area contributed by atoms with Gasteiger partial charge >= 0.3 is 0 Å². The van der Waals surface area contributed by atoms with Gasteiger partial charge < -0.3 is 14.8 Å². The predicted octanol–water partition coefficient (Wildman–Crippen LogP) is 4.96. The van der Waals surface area contributed by atoms with Crippen molar-refractivity contribution in [3.05, 3.63) is 90.0 Å². The molecule has 3 aromatic rings. The molecule has 0 aliphatic heterocycles. The van der Waals surface area contributed by atoms with E-state index >= 15 is 0 Å². The van der Waals surface area contributed by atoms with Crippen LogP contribution in [0.4, 0.5) is 5.69 Å². The normalized spacial score (nSPS) is 10.3. The third-order valence-electron chi connectivity index (χ3n) is 4.05. The maximum Gasteiger partial charge on any atom is 0.255 e. The lowest BCUT2D eigenvalue weighted by Crippen LogP contribution is -2.13. The van der Waals surface area contributed by atoms with Crippen LogP contribution in [0.3, 0.4) is 0 Å². The first-order valence-electron chi connectivity index (χ1n) is 9.06. The fourth-order valence-corrected chi connectivity index (χ4v) is 2.68. The van der Waals surface area contributed by atoms with Gasteiger partial charge in [-0.1, -0.05) is 42.5 Å². The standard InChI is InChI=1S/C23H23NO3/c1-2-26-22-11-7-6-10-21(22)24-23(25)19-12-14-20(15-13-19)27-17-16-18-8-4-3-5-9-18/h3-15H,2,16-17H2,1H3,(H,24,25). The minimum atomic E-state index is -0.182. The van der Waals surface area contributed by atoms with Gasteiger partial charge in [-0.25, -0.2) is 0 Å². The molecule has 4 heteroatoms. The molecule has 1 N–H and O–H groups in total. The Morgan fingerprint density at radius 3 is 2.30 bits per heavy atom. The van der Waals surface area contributed by atoms with Gasteiger partial charge in [0.15, 0.2) is 0 Å². The van der Waals surface area contributed by atoms with E-state index in [1.165, 1.54) is 5.56 Å². The van der Waals surface area contributed by atoms with E-state index in [1.54, 1.807) is 12.1 Å². The van der Waals surface area contributed by atoms with E-state index in [0.717, 1.165) is 12.2 Å². The number of hydrogen-bond donors (Lipinski definition) is 1. The Morgan fingerprint density at radius 1 is 0.852 bits per heavy atom. The number of anilines is 1. The van der Waals surface area contributed by atoms with Crippen molar-refractivity contribution in [1.29, 1.82) is 0 Å². The topological polar surface area (TPSA) is 47.6 Å². The average molecular weight is 361 g/mol. The second-order valence-corrected chi connectivity index (χ2v) is 5.99. The van der Waals surface area contributed by atoms with Crippen LogP contribution in [0, 0.1) is 0 Å². The highest BCUT2D eigenvalue weighted by atomic mass is 16.5. The Balaban J connectivity index is 1.56. The fourth-order valence-electron chi connectivity index (χ4n) is 2.68. The lowest BCUT2D eigenvalue weighted by Gasteiger charge is -2.11. The zero-order chi connectivity index (χ0) is 18.9. The maximum absolute atomic E-state index is 12.5. The lowest BCUT2D eigenvalue weighted by atomic mass is 10.1. The first kappa shape index (κ1) is 18.5. The first-order chi connectivity index (χ1) is 13.3. The van der Waals surface area contributed by atoms with Gasteiger partial charge in [0.05, 0.1) is 18.9 Å². The highest BCUT2D eigenvalue weighted by molar-refractivity contribution is 6.05. The molecule has 138 valence electrons. The van der Waals surface area contributed by atoms with Crippen LogP contribution in [-0.4, -0.2) is 19.1 Å². The molecule has 3 rings (SSSR count). The van der Waals surface area contributed by atoms with Crippen LogP contribution in [0.2, 0.25) is 0 Å². The van der Waals surface area contributed by atoms with Gasteiger partial charge in [0.2, 0.25) is 0 Å². The van der Waals surface area contributed by atoms with Crippen molar-refractivity contribution in [3.63, 3.8) is 0 Å². The molecule has 0 aliphatic carbocycles. The number of amides is 1. The number of rotatable bonds is 8. The first-order valence-corrected chi connectivity index (χ1v) is 9.06. The monoisotopic (exact) mass is 361 g/mol. The van der Waals surface area contributed by atoms with Crippen LogP contribution in [0.1, 0.15) is 22.8 Å². The lowest BCUT2D eigenvalue weighted by molar-refractivity contribution is 0.102. The van der Waals surface area contributed by atoms with E-state index < -0.39 is 0 Å². The third-order valence-corrected chi connectivity index (χ3v) is 4.05. The van der Waals surface area contributed by atoms with Crippen LogP contribution in [0.5, 0.6) is 11.5 Å². The van der Waals surface area contributed by atoms with Crippen LogP contribution < -0.4 is 14.8 Å². The SMILES string of the molecule is CCOc1ccccc1NC(=O)c1ccc(OCCc2ccccc2)cc1. The second kappa shape index (κ2) is 9.43. The molecule has 0 aromatic heterocycles. The summed E-state index contributed by atoms with van der Waals surface area (Å²) in [4.78, 5) is 12.5. The second-order valence-electron chi connectivity index (χ2n) is 5.99. The van der Waals surface area contributed by atoms with E-state index in [-0.39, 0.29) is 5.91 Å². The summed E-state index contributed by atoms with van der Waals surface area (Å²) in [6.45, 7) is 3.05. The number of ether oxygens (including phenoxy) is 2. The van der Waals surface area contributed by atoms with E-state index in [9.17, 15) is 4.79 Å². The summed E-state index contributed by atoms with van der Waals surface area (Å²) < 4.78 is 11.3. The zero-order valence-electron chi connectivity index (χ0n) is 15.4. The van der Waals surface area contributed by atoms with Crippen LogP contribution in [-0.2, 0) is 6.42 Å². The molecular weight excluding hydrogens is 338 g/mol. The number of carbonyl (C=O) groups is 1. The maximum atomic E-state index is 12.5. The van der Waals surface area contributed by atoms with Crippen LogP contribution in [0.25, 0.3) is 0 Å². The average Bonchev–Trinajstić information content (AvgIpc) is 2.71. The molecule has 3 aromatic carbocycles. The van der Waals surface area contributed by atoms with Crippen LogP contribution in [0.15, 0.2) is 78.9 Å². The summed E-state index contributed by atoms with van der Waals surface area (Å²) in [6.07, 6.45) is 0.845. The Kier molecular flexibility index (Phi) is 6.47. The molecule has 0 radical (unpaired) electrons. The summed E-state index contributed by atoms with van der Waals surface area (Å²) in [5.41, 5.74) is 2.46. The molecule has 0 heterocycles. The van der Waals surface area contributed by atoms with Gasteiger partial charge in [0.1, 0.15) is 11.5 Å². The van der Waals surface area contributed by atoms with Crippen molar-refractivity contribution in [2.75, 3.05) is 18.5 Å². The molecule has 0 saturated carbocycles. The largest absolute Gasteiger partial charge is 0.493 e. The van der Waals surface area contributed by atoms with Crippen molar-refractivity contribution in [2.45, 2.75) is 13.3 Å². The molecule has 0 aliphatic rings. The minimum absolute atomic E-state index is 0.182. The zero-order valence-corrected chi connectivity index (χ0v) is 15.4. The molecular formula is C23H23NO3. The molecule has 0 spiro atoms. The summed E-state index contributed by atoms with van der Waals surface area (Å²) in [6, 6.07) is 24.7. The Bertz CT molecular complexity index is 860. The number of para-hydroxylation sites is 2. The van der Waals surface area contributed by atoms with Gasteiger partial charge in [-0.05, 0) is 48.9 Å². The van der Waals surface area contributed by atoms with Gasteiger partial charge in [0.25, 0.3) is 5.91 Å². The Hall–Kier alpha value is -3.27. The van der Waals surface area contributed by atoms with Crippen molar-refractivity contribution < 1.29 is 14.3 Å². The summed E-state index contributed by atoms with van der Waals surface area (Å²) in [7, 11) is 0. The van der Waals surface area contributed by atoms with E-state index in [0.29, 0.717) is 30.2 Å². The molecule has 0 bridgehead atoms. The molecule has 1 amide bonds. The number of carbonyl (C=O) groups excluding carboxylic acids is 1. The van der Waals surface area contributed by atoms with Gasteiger partial charge in [0, 0.05) is 12.0 Å². The molecule has 0 saturated heterocycles. The van der Waals surface area contributed by atoms with Crippen molar-refractivity contribution in [3.8, 4) is 11.5 Å². The molecule has 4 nitrogen and oxygen atoms in total. The highest BCUT2D eigenvalue weighted by Gasteiger charge is 2.09. The predicted molar refractivity (Wildman–Crippen MR) is 108 cm³/mol. The van der Waals surface area contributed by atoms with Crippen molar-refractivity contribution >= 4 is 11.6 Å². The van der Waals surface area contributed by atoms with Gasteiger partial charge in [-0.3, -0.25) is 4.79 Å². The fraction of sp³-hybridized carbons (Fsp3) is 0.174. The molecule has 0 fully saturated rings. The van der Waals surface area contributed by atoms with Crippen molar-refractivity contribution in [2.24, 2.45) is 0 Å². The van der Waals surface area contributed by atoms with E-state index in [4.69, 9.17) is 9.47 Å². The van der Waals surface area contributed by atoms with Crippen molar-refractivity contribution in [1.82, 2.24) is 0 Å². The van der Waals surface area contributed by atoms with E-state index in [1.807, 2.05) is 61.5 Å².